The Morgan fingerprint density at radius 1 is 1.14 bits per heavy atom. The lowest BCUT2D eigenvalue weighted by atomic mass is 9.87. The standard InChI is InChI=1S/C24H30N2O2/c1-26(14-12-18-7-3-2-4-8-18)16-20-17-28-23-11-10-19(15-21(23)24(20)27)22-9-5-6-13-25-22/h5-6,9-11,13,15,18,20H,2-4,7-8,12,14,16-17H2,1H3. The third kappa shape index (κ3) is 4.44. The highest BCUT2D eigenvalue weighted by Gasteiger charge is 2.30. The van der Waals surface area contributed by atoms with Crippen molar-refractivity contribution in [2.45, 2.75) is 38.5 Å². The highest BCUT2D eigenvalue weighted by Crippen LogP contribution is 2.32. The van der Waals surface area contributed by atoms with Gasteiger partial charge in [0.1, 0.15) is 5.75 Å². The summed E-state index contributed by atoms with van der Waals surface area (Å²) in [6, 6.07) is 11.6. The van der Waals surface area contributed by atoms with Gasteiger partial charge in [-0.15, -0.1) is 0 Å². The summed E-state index contributed by atoms with van der Waals surface area (Å²) in [5, 5.41) is 0. The SMILES string of the molecule is CN(CCC1CCCCC1)CC1COc2ccc(-c3ccccn3)cc2C1=O. The first-order chi connectivity index (χ1) is 13.7. The van der Waals surface area contributed by atoms with E-state index in [0.29, 0.717) is 17.9 Å². The Labute approximate surface area is 167 Å². The van der Waals surface area contributed by atoms with Gasteiger partial charge in [0.05, 0.1) is 23.8 Å². The molecule has 4 heteroatoms. The van der Waals surface area contributed by atoms with Crippen LogP contribution in [-0.4, -0.2) is 42.4 Å². The molecule has 28 heavy (non-hydrogen) atoms. The molecule has 2 heterocycles. The van der Waals surface area contributed by atoms with E-state index in [1.54, 1.807) is 6.20 Å². The number of benzene rings is 1. The molecular formula is C24H30N2O2. The summed E-state index contributed by atoms with van der Waals surface area (Å²) >= 11 is 0. The van der Waals surface area contributed by atoms with Crippen LogP contribution in [0.3, 0.4) is 0 Å². The van der Waals surface area contributed by atoms with E-state index in [-0.39, 0.29) is 11.7 Å². The smallest absolute Gasteiger partial charge is 0.174 e. The summed E-state index contributed by atoms with van der Waals surface area (Å²) in [6.07, 6.45) is 9.96. The van der Waals surface area contributed by atoms with Gasteiger partial charge in [-0.2, -0.15) is 0 Å². The van der Waals surface area contributed by atoms with Crippen LogP contribution in [0.1, 0.15) is 48.9 Å². The van der Waals surface area contributed by atoms with Crippen molar-refractivity contribution in [3.63, 3.8) is 0 Å². The first-order valence-electron chi connectivity index (χ1n) is 10.6. The van der Waals surface area contributed by atoms with Crippen molar-refractivity contribution in [2.75, 3.05) is 26.7 Å². The number of hydrogen-bond donors (Lipinski definition) is 0. The number of aromatic nitrogens is 1. The molecule has 1 aliphatic carbocycles. The van der Waals surface area contributed by atoms with Gasteiger partial charge in [0, 0.05) is 18.3 Å². The Morgan fingerprint density at radius 3 is 2.79 bits per heavy atom. The van der Waals surface area contributed by atoms with Gasteiger partial charge in [0.15, 0.2) is 5.78 Å². The van der Waals surface area contributed by atoms with Crippen LogP contribution < -0.4 is 4.74 Å². The molecule has 2 aliphatic rings. The molecule has 1 atom stereocenters. The minimum atomic E-state index is -0.0946. The summed E-state index contributed by atoms with van der Waals surface area (Å²) in [7, 11) is 2.13. The quantitative estimate of drug-likeness (QED) is 0.721. The first-order valence-corrected chi connectivity index (χ1v) is 10.6. The number of fused-ring (bicyclic) bond motifs is 1. The van der Waals surface area contributed by atoms with Crippen LogP contribution in [0.2, 0.25) is 0 Å². The average Bonchev–Trinajstić information content (AvgIpc) is 2.75. The van der Waals surface area contributed by atoms with Gasteiger partial charge in [-0.25, -0.2) is 0 Å². The largest absolute Gasteiger partial charge is 0.492 e. The second kappa shape index (κ2) is 8.87. The molecule has 0 radical (unpaired) electrons. The zero-order chi connectivity index (χ0) is 19.3. The second-order valence-electron chi connectivity index (χ2n) is 8.35. The van der Waals surface area contributed by atoms with Gasteiger partial charge in [-0.3, -0.25) is 9.78 Å². The highest BCUT2D eigenvalue weighted by atomic mass is 16.5. The summed E-state index contributed by atoms with van der Waals surface area (Å²) < 4.78 is 5.92. The Hall–Kier alpha value is -2.20. The van der Waals surface area contributed by atoms with Crippen LogP contribution in [-0.2, 0) is 0 Å². The van der Waals surface area contributed by atoms with E-state index < -0.39 is 0 Å². The van der Waals surface area contributed by atoms with Crippen LogP contribution >= 0.6 is 0 Å². The number of carbonyl (C=O) groups excluding carboxylic acids is 1. The summed E-state index contributed by atoms with van der Waals surface area (Å²) in [6.45, 7) is 2.30. The molecule has 0 N–H and O–H groups in total. The number of carbonyl (C=O) groups is 1. The maximum atomic E-state index is 13.1. The molecular weight excluding hydrogens is 348 g/mol. The van der Waals surface area contributed by atoms with Crippen molar-refractivity contribution in [3.05, 3.63) is 48.2 Å². The molecule has 1 aromatic carbocycles. The highest BCUT2D eigenvalue weighted by molar-refractivity contribution is 6.02. The molecule has 0 bridgehead atoms. The molecule has 4 rings (SSSR count). The lowest BCUT2D eigenvalue weighted by Crippen LogP contribution is -2.37. The van der Waals surface area contributed by atoms with Crippen LogP contribution in [0.5, 0.6) is 5.75 Å². The zero-order valence-corrected chi connectivity index (χ0v) is 16.8. The molecule has 1 unspecified atom stereocenters. The minimum absolute atomic E-state index is 0.0946. The monoisotopic (exact) mass is 378 g/mol. The van der Waals surface area contributed by atoms with Crippen molar-refractivity contribution >= 4 is 5.78 Å². The third-order valence-electron chi connectivity index (χ3n) is 6.19. The van der Waals surface area contributed by atoms with Gasteiger partial charge in [0.2, 0.25) is 0 Å². The second-order valence-corrected chi connectivity index (χ2v) is 8.35. The van der Waals surface area contributed by atoms with Gasteiger partial charge in [-0.05, 0) is 56.3 Å². The number of Topliss-reactive ketones (excluding diaryl/α,β-unsaturated/α-hetero) is 1. The Balaban J connectivity index is 1.39. The van der Waals surface area contributed by atoms with E-state index in [1.807, 2.05) is 36.4 Å². The number of pyridine rings is 1. The van der Waals surface area contributed by atoms with Gasteiger partial charge in [-0.1, -0.05) is 38.2 Å². The van der Waals surface area contributed by atoms with E-state index in [9.17, 15) is 4.79 Å². The van der Waals surface area contributed by atoms with E-state index in [2.05, 4.69) is 16.9 Å². The fourth-order valence-corrected chi connectivity index (χ4v) is 4.51. The molecule has 0 saturated heterocycles. The molecule has 0 spiro atoms. The van der Waals surface area contributed by atoms with Gasteiger partial charge >= 0.3 is 0 Å². The van der Waals surface area contributed by atoms with Crippen LogP contribution in [0, 0.1) is 11.8 Å². The van der Waals surface area contributed by atoms with Crippen LogP contribution in [0.4, 0.5) is 0 Å². The lowest BCUT2D eigenvalue weighted by molar-refractivity contribution is 0.0780. The van der Waals surface area contributed by atoms with Crippen molar-refractivity contribution in [1.82, 2.24) is 9.88 Å². The molecule has 1 aliphatic heterocycles. The Kier molecular flexibility index (Phi) is 6.06. The molecule has 1 fully saturated rings. The number of hydrogen-bond acceptors (Lipinski definition) is 4. The summed E-state index contributed by atoms with van der Waals surface area (Å²) in [5.74, 6) is 1.67. The van der Waals surface area contributed by atoms with Gasteiger partial charge in [0.25, 0.3) is 0 Å². The average molecular weight is 379 g/mol. The zero-order valence-electron chi connectivity index (χ0n) is 16.8. The Morgan fingerprint density at radius 2 is 2.00 bits per heavy atom. The Bertz CT molecular complexity index is 800. The molecule has 0 amide bonds. The fraction of sp³-hybridized carbons (Fsp3) is 0.500. The first kappa shape index (κ1) is 19.1. The number of rotatable bonds is 6. The van der Waals surface area contributed by atoms with E-state index in [1.165, 1.54) is 38.5 Å². The topological polar surface area (TPSA) is 42.4 Å². The molecule has 4 nitrogen and oxygen atoms in total. The van der Waals surface area contributed by atoms with Crippen molar-refractivity contribution in [1.29, 1.82) is 0 Å². The third-order valence-corrected chi connectivity index (χ3v) is 6.19. The molecule has 1 saturated carbocycles. The van der Waals surface area contributed by atoms with Gasteiger partial charge < -0.3 is 9.64 Å². The summed E-state index contributed by atoms with van der Waals surface area (Å²) in [4.78, 5) is 19.8. The molecule has 1 aromatic heterocycles. The molecule has 2 aromatic rings. The summed E-state index contributed by atoms with van der Waals surface area (Å²) in [5.41, 5.74) is 2.53. The van der Waals surface area contributed by atoms with Crippen molar-refractivity contribution in [2.24, 2.45) is 11.8 Å². The predicted molar refractivity (Wildman–Crippen MR) is 112 cm³/mol. The number of ether oxygens (including phenoxy) is 1. The number of ketones is 1. The van der Waals surface area contributed by atoms with E-state index in [0.717, 1.165) is 30.3 Å². The fourth-order valence-electron chi connectivity index (χ4n) is 4.51. The van der Waals surface area contributed by atoms with Crippen molar-refractivity contribution in [3.8, 4) is 17.0 Å². The lowest BCUT2D eigenvalue weighted by Gasteiger charge is -2.29. The predicted octanol–water partition coefficient (Wildman–Crippen LogP) is 4.84. The van der Waals surface area contributed by atoms with Crippen LogP contribution in [0.25, 0.3) is 11.3 Å². The van der Waals surface area contributed by atoms with Crippen LogP contribution in [0.15, 0.2) is 42.6 Å². The maximum absolute atomic E-state index is 13.1. The normalized spacial score (nSPS) is 20.1. The molecule has 148 valence electrons. The minimum Gasteiger partial charge on any atom is -0.492 e. The van der Waals surface area contributed by atoms with E-state index in [4.69, 9.17) is 4.74 Å². The number of nitrogens with zero attached hydrogens (tertiary/aromatic N) is 2. The van der Waals surface area contributed by atoms with Crippen molar-refractivity contribution < 1.29 is 9.53 Å². The maximum Gasteiger partial charge on any atom is 0.174 e. The van der Waals surface area contributed by atoms with E-state index >= 15 is 0 Å².